The van der Waals surface area contributed by atoms with Crippen molar-refractivity contribution in [2.75, 3.05) is 13.6 Å². The molecule has 31 heavy (non-hydrogen) atoms. The first-order valence-corrected chi connectivity index (χ1v) is 11.7. The summed E-state index contributed by atoms with van der Waals surface area (Å²) >= 11 is 13.8. The Labute approximate surface area is 197 Å². The maximum atomic E-state index is 11.1. The first-order chi connectivity index (χ1) is 15.0. The summed E-state index contributed by atoms with van der Waals surface area (Å²) in [6.45, 7) is 3.36. The lowest BCUT2D eigenvalue weighted by molar-refractivity contribution is 0.112. The number of hydrogen-bond acceptors (Lipinski definition) is 4. The summed E-state index contributed by atoms with van der Waals surface area (Å²) in [7, 11) is 1.98. The zero-order valence-corrected chi connectivity index (χ0v) is 19.8. The Morgan fingerprint density at radius 1 is 0.968 bits per heavy atom. The van der Waals surface area contributed by atoms with Gasteiger partial charge in [-0.1, -0.05) is 72.6 Å². The lowest BCUT2D eigenvalue weighted by Gasteiger charge is -2.09. The maximum Gasteiger partial charge on any atom is 0.150 e. The van der Waals surface area contributed by atoms with Crippen LogP contribution in [0.15, 0.2) is 75.4 Å². The number of unbranched alkanes of at least 4 members (excludes halogenated alkanes) is 1. The van der Waals surface area contributed by atoms with E-state index in [0.717, 1.165) is 45.1 Å². The van der Waals surface area contributed by atoms with Crippen molar-refractivity contribution in [3.05, 3.63) is 87.4 Å². The highest BCUT2D eigenvalue weighted by Crippen LogP contribution is 2.42. The van der Waals surface area contributed by atoms with E-state index < -0.39 is 0 Å². The van der Waals surface area contributed by atoms with Crippen LogP contribution < -0.4 is 5.32 Å². The number of aldehydes is 1. The second kappa shape index (κ2) is 11.5. The van der Waals surface area contributed by atoms with Crippen LogP contribution in [0.25, 0.3) is 0 Å². The predicted molar refractivity (Wildman–Crippen MR) is 133 cm³/mol. The Kier molecular flexibility index (Phi) is 8.73. The number of nitrogens with zero attached hydrogens (tertiary/aromatic N) is 1. The molecular weight excluding hydrogens is 447 g/mol. The maximum absolute atomic E-state index is 11.1. The number of fused-ring (bicyclic) bond motifs is 2. The molecule has 6 heteroatoms. The van der Waals surface area contributed by atoms with E-state index in [1.807, 2.05) is 55.6 Å². The Hall–Kier alpha value is -2.11. The van der Waals surface area contributed by atoms with Crippen LogP contribution in [0.4, 0.5) is 5.69 Å². The summed E-state index contributed by atoms with van der Waals surface area (Å²) < 4.78 is 0. The van der Waals surface area contributed by atoms with Crippen molar-refractivity contribution in [1.29, 1.82) is 0 Å². The molecule has 1 N–H and O–H groups in total. The summed E-state index contributed by atoms with van der Waals surface area (Å²) in [6.07, 6.45) is 3.43. The quantitative estimate of drug-likeness (QED) is 0.243. The van der Waals surface area contributed by atoms with Gasteiger partial charge < -0.3 is 5.32 Å². The third kappa shape index (κ3) is 6.20. The molecule has 160 valence electrons. The van der Waals surface area contributed by atoms with E-state index in [1.54, 1.807) is 23.9 Å². The average molecular weight is 471 g/mol. The molecule has 1 heterocycles. The van der Waals surface area contributed by atoms with E-state index in [-0.39, 0.29) is 0 Å². The Bertz CT molecular complexity index is 1080. The highest BCUT2D eigenvalue weighted by molar-refractivity contribution is 7.99. The molecular formula is C25H24Cl2N2OS. The third-order valence-electron chi connectivity index (χ3n) is 4.67. The fraction of sp³-hybridized carbons (Fsp3) is 0.200. The molecule has 1 aliphatic rings. The molecule has 0 radical (unpaired) electrons. The van der Waals surface area contributed by atoms with Crippen LogP contribution in [0.1, 0.15) is 41.3 Å². The molecule has 0 aliphatic carbocycles. The van der Waals surface area contributed by atoms with E-state index in [0.29, 0.717) is 15.6 Å². The van der Waals surface area contributed by atoms with Crippen LogP contribution in [0.2, 0.25) is 10.0 Å². The molecule has 0 spiro atoms. The summed E-state index contributed by atoms with van der Waals surface area (Å²) in [5, 5.41) is 4.42. The SMILES string of the molecule is CCCCNC.O=Cc1ccc2c(c1)N=C(c1ccc(Cl)cc1)c1ccc(Cl)cc1S2. The number of nitrogens with one attached hydrogen (secondary N) is 1. The van der Waals surface area contributed by atoms with Crippen molar-refractivity contribution in [2.24, 2.45) is 4.99 Å². The molecule has 0 aromatic heterocycles. The van der Waals surface area contributed by atoms with E-state index in [1.165, 1.54) is 12.8 Å². The first kappa shape index (κ1) is 23.6. The lowest BCUT2D eigenvalue weighted by Crippen LogP contribution is -2.06. The predicted octanol–water partition coefficient (Wildman–Crippen LogP) is 7.45. The topological polar surface area (TPSA) is 41.5 Å². The molecule has 0 bridgehead atoms. The molecule has 1 aliphatic heterocycles. The fourth-order valence-electron chi connectivity index (χ4n) is 3.04. The van der Waals surface area contributed by atoms with Crippen molar-refractivity contribution < 1.29 is 4.79 Å². The third-order valence-corrected chi connectivity index (χ3v) is 6.28. The van der Waals surface area contributed by atoms with Gasteiger partial charge in [-0.3, -0.25) is 4.79 Å². The van der Waals surface area contributed by atoms with Gasteiger partial charge in [0.05, 0.1) is 11.4 Å². The highest BCUT2D eigenvalue weighted by Gasteiger charge is 2.19. The molecule has 3 aromatic rings. The summed E-state index contributed by atoms with van der Waals surface area (Å²) in [5.41, 5.74) is 4.16. The number of aliphatic imine (C=N–C) groups is 1. The fourth-order valence-corrected chi connectivity index (χ4v) is 4.44. The normalized spacial score (nSPS) is 11.9. The van der Waals surface area contributed by atoms with Crippen LogP contribution in [0.3, 0.4) is 0 Å². The van der Waals surface area contributed by atoms with Gasteiger partial charge in [0, 0.05) is 36.5 Å². The van der Waals surface area contributed by atoms with Gasteiger partial charge in [0.1, 0.15) is 6.29 Å². The monoisotopic (exact) mass is 470 g/mol. The van der Waals surface area contributed by atoms with Gasteiger partial charge in [0.2, 0.25) is 0 Å². The minimum Gasteiger partial charge on any atom is -0.320 e. The molecule has 0 fully saturated rings. The van der Waals surface area contributed by atoms with Gasteiger partial charge in [0.15, 0.2) is 0 Å². The van der Waals surface area contributed by atoms with Gasteiger partial charge in [0.25, 0.3) is 0 Å². The minimum atomic E-state index is 0.600. The van der Waals surface area contributed by atoms with E-state index in [2.05, 4.69) is 12.2 Å². The first-order valence-electron chi connectivity index (χ1n) is 10.1. The lowest BCUT2D eigenvalue weighted by atomic mass is 10.0. The highest BCUT2D eigenvalue weighted by atomic mass is 35.5. The van der Waals surface area contributed by atoms with Crippen molar-refractivity contribution in [3.63, 3.8) is 0 Å². The largest absolute Gasteiger partial charge is 0.320 e. The molecule has 0 saturated carbocycles. The number of hydrogen-bond donors (Lipinski definition) is 1. The van der Waals surface area contributed by atoms with Crippen molar-refractivity contribution in [1.82, 2.24) is 5.32 Å². The Balaban J connectivity index is 0.000000401. The molecule has 0 saturated heterocycles. The van der Waals surface area contributed by atoms with Gasteiger partial charge in [-0.25, -0.2) is 4.99 Å². The Morgan fingerprint density at radius 2 is 1.71 bits per heavy atom. The standard InChI is InChI=1S/C20H11Cl2NOS.C5H13N/c21-14-4-2-13(3-5-14)20-16-7-6-15(22)10-19(16)25-18-8-1-12(11-24)9-17(18)23-20;1-3-4-5-6-2/h1-11H;6H,3-5H2,1-2H3. The molecule has 3 nitrogen and oxygen atoms in total. The van der Waals surface area contributed by atoms with Crippen molar-refractivity contribution in [2.45, 2.75) is 29.6 Å². The molecule has 0 amide bonds. The van der Waals surface area contributed by atoms with Crippen molar-refractivity contribution in [3.8, 4) is 0 Å². The number of halogens is 2. The number of rotatable bonds is 5. The van der Waals surface area contributed by atoms with E-state index >= 15 is 0 Å². The zero-order chi connectivity index (χ0) is 22.2. The second-order valence-electron chi connectivity index (χ2n) is 7.01. The summed E-state index contributed by atoms with van der Waals surface area (Å²) in [6, 6.07) is 18.9. The minimum absolute atomic E-state index is 0.600. The number of carbonyl (C=O) groups excluding carboxylic acids is 1. The van der Waals surface area contributed by atoms with Gasteiger partial charge in [-0.15, -0.1) is 0 Å². The zero-order valence-electron chi connectivity index (χ0n) is 17.5. The molecule has 0 unspecified atom stereocenters. The van der Waals surface area contributed by atoms with Gasteiger partial charge in [-0.2, -0.15) is 0 Å². The summed E-state index contributed by atoms with van der Waals surface area (Å²) in [5.74, 6) is 0. The number of benzene rings is 3. The molecule has 0 atom stereocenters. The average Bonchev–Trinajstić information content (AvgIpc) is 2.94. The molecule has 4 rings (SSSR count). The van der Waals surface area contributed by atoms with Crippen LogP contribution in [0, 0.1) is 0 Å². The smallest absolute Gasteiger partial charge is 0.150 e. The van der Waals surface area contributed by atoms with Gasteiger partial charge in [-0.05, 0) is 56.4 Å². The van der Waals surface area contributed by atoms with Crippen LogP contribution in [-0.2, 0) is 0 Å². The van der Waals surface area contributed by atoms with Crippen LogP contribution in [0.5, 0.6) is 0 Å². The number of carbonyl (C=O) groups is 1. The Morgan fingerprint density at radius 3 is 2.35 bits per heavy atom. The van der Waals surface area contributed by atoms with E-state index in [9.17, 15) is 4.79 Å². The summed E-state index contributed by atoms with van der Waals surface area (Å²) in [4.78, 5) is 18.0. The van der Waals surface area contributed by atoms with Crippen molar-refractivity contribution >= 4 is 52.6 Å². The van der Waals surface area contributed by atoms with Crippen LogP contribution in [-0.4, -0.2) is 25.6 Å². The molecule has 3 aromatic carbocycles. The van der Waals surface area contributed by atoms with Crippen LogP contribution >= 0.6 is 35.0 Å². The van der Waals surface area contributed by atoms with E-state index in [4.69, 9.17) is 28.2 Å². The van der Waals surface area contributed by atoms with Gasteiger partial charge >= 0.3 is 0 Å². The second-order valence-corrected chi connectivity index (χ2v) is 8.97.